The van der Waals surface area contributed by atoms with Crippen molar-refractivity contribution in [1.29, 1.82) is 0 Å². The normalized spacial score (nSPS) is 32.7. The number of rotatable bonds is 7. The van der Waals surface area contributed by atoms with Crippen LogP contribution in [0.15, 0.2) is 6.20 Å². The second kappa shape index (κ2) is 6.72. The van der Waals surface area contributed by atoms with Crippen molar-refractivity contribution in [2.24, 2.45) is 17.1 Å². The molecule has 0 atom stereocenters. The number of primary amides is 1. The van der Waals surface area contributed by atoms with E-state index >= 15 is 0 Å². The molecule has 6 nitrogen and oxygen atoms in total. The van der Waals surface area contributed by atoms with E-state index in [1.165, 1.54) is 25.5 Å². The van der Waals surface area contributed by atoms with Crippen LogP contribution in [0.3, 0.4) is 0 Å². The average molecular weight is 366 g/mol. The zero-order valence-corrected chi connectivity index (χ0v) is 14.6. The van der Waals surface area contributed by atoms with Gasteiger partial charge in [0.25, 0.3) is 5.91 Å². The third-order valence-corrected chi connectivity index (χ3v) is 6.14. The SMILES string of the molecule is NC(=O)c1cnc(NC2CCC(OC(F)F)CC2)nc1CC12CC(C1)C2. The van der Waals surface area contributed by atoms with Crippen LogP contribution in [-0.2, 0) is 11.2 Å². The van der Waals surface area contributed by atoms with Crippen molar-refractivity contribution in [2.45, 2.75) is 70.1 Å². The van der Waals surface area contributed by atoms with Crippen LogP contribution in [0, 0.1) is 11.3 Å². The monoisotopic (exact) mass is 366 g/mol. The largest absolute Gasteiger partial charge is 0.365 e. The number of ether oxygens (including phenoxy) is 1. The number of nitrogens with zero attached hydrogens (tertiary/aromatic N) is 2. The van der Waals surface area contributed by atoms with Gasteiger partial charge in [0.1, 0.15) is 0 Å². The van der Waals surface area contributed by atoms with Gasteiger partial charge in [0.15, 0.2) is 0 Å². The van der Waals surface area contributed by atoms with Crippen LogP contribution in [0.4, 0.5) is 14.7 Å². The maximum Gasteiger partial charge on any atom is 0.345 e. The Hall–Kier alpha value is -1.83. The Bertz CT molecular complexity index is 675. The molecule has 1 aromatic rings. The lowest BCUT2D eigenvalue weighted by Crippen LogP contribution is -2.53. The summed E-state index contributed by atoms with van der Waals surface area (Å²) in [6.07, 6.45) is 8.14. The van der Waals surface area contributed by atoms with Gasteiger partial charge in [-0.1, -0.05) is 0 Å². The molecule has 26 heavy (non-hydrogen) atoms. The fourth-order valence-electron chi connectivity index (χ4n) is 4.73. The van der Waals surface area contributed by atoms with Gasteiger partial charge >= 0.3 is 6.61 Å². The summed E-state index contributed by atoms with van der Waals surface area (Å²) < 4.78 is 29.2. The number of nitrogens with one attached hydrogen (secondary N) is 1. The van der Waals surface area contributed by atoms with Crippen LogP contribution in [0.25, 0.3) is 0 Å². The topological polar surface area (TPSA) is 90.1 Å². The molecular formula is C18H24F2N4O2. The highest BCUT2D eigenvalue weighted by Gasteiger charge is 2.56. The summed E-state index contributed by atoms with van der Waals surface area (Å²) in [5.74, 6) is 0.842. The minimum absolute atomic E-state index is 0.120. The number of nitrogens with two attached hydrogens (primary N) is 1. The molecule has 0 saturated heterocycles. The number of hydrogen-bond donors (Lipinski definition) is 2. The van der Waals surface area contributed by atoms with Crippen molar-refractivity contribution in [1.82, 2.24) is 9.97 Å². The van der Waals surface area contributed by atoms with Crippen LogP contribution in [-0.4, -0.2) is 34.6 Å². The first kappa shape index (κ1) is 17.6. The quantitative estimate of drug-likeness (QED) is 0.774. The lowest BCUT2D eigenvalue weighted by Gasteiger charge is -2.62. The van der Waals surface area contributed by atoms with Crippen molar-refractivity contribution in [3.05, 3.63) is 17.5 Å². The summed E-state index contributed by atoms with van der Waals surface area (Å²) in [5.41, 5.74) is 6.91. The van der Waals surface area contributed by atoms with Crippen LogP contribution in [0.1, 0.15) is 61.0 Å². The van der Waals surface area contributed by atoms with E-state index in [4.69, 9.17) is 5.73 Å². The molecule has 0 radical (unpaired) electrons. The van der Waals surface area contributed by atoms with Gasteiger partial charge in [-0.2, -0.15) is 8.78 Å². The fourth-order valence-corrected chi connectivity index (χ4v) is 4.73. The van der Waals surface area contributed by atoms with Crippen LogP contribution < -0.4 is 11.1 Å². The lowest BCUT2D eigenvalue weighted by atomic mass is 9.43. The highest BCUT2D eigenvalue weighted by atomic mass is 19.3. The molecule has 0 spiro atoms. The maximum atomic E-state index is 12.3. The number of carbonyl (C=O) groups is 1. The van der Waals surface area contributed by atoms with Gasteiger partial charge in [0.2, 0.25) is 5.95 Å². The van der Waals surface area contributed by atoms with E-state index in [-0.39, 0.29) is 12.1 Å². The molecule has 1 heterocycles. The van der Waals surface area contributed by atoms with Crippen molar-refractivity contribution in [3.63, 3.8) is 0 Å². The average Bonchev–Trinajstić information content (AvgIpc) is 2.51. The number of aromatic nitrogens is 2. The Balaban J connectivity index is 1.40. The predicted molar refractivity (Wildman–Crippen MR) is 90.8 cm³/mol. The summed E-state index contributed by atoms with van der Waals surface area (Å²) >= 11 is 0. The molecule has 3 N–H and O–H groups in total. The molecule has 1 amide bonds. The number of carbonyl (C=O) groups excluding carboxylic acids is 1. The molecule has 142 valence electrons. The minimum Gasteiger partial charge on any atom is -0.365 e. The van der Waals surface area contributed by atoms with Crippen LogP contribution in [0.2, 0.25) is 0 Å². The predicted octanol–water partition coefficient (Wildman–Crippen LogP) is 2.88. The van der Waals surface area contributed by atoms with E-state index in [0.29, 0.717) is 29.8 Å². The Morgan fingerprint density at radius 1 is 1.31 bits per heavy atom. The first-order valence-electron chi connectivity index (χ1n) is 9.28. The molecule has 5 rings (SSSR count). The Kier molecular flexibility index (Phi) is 4.54. The van der Waals surface area contributed by atoms with Crippen molar-refractivity contribution < 1.29 is 18.3 Å². The number of hydrogen-bond acceptors (Lipinski definition) is 5. The first-order chi connectivity index (χ1) is 12.4. The molecular weight excluding hydrogens is 342 g/mol. The first-order valence-corrected chi connectivity index (χ1v) is 9.28. The van der Waals surface area contributed by atoms with E-state index in [9.17, 15) is 13.6 Å². The molecule has 0 aromatic carbocycles. The summed E-state index contributed by atoms with van der Waals surface area (Å²) in [6.45, 7) is -2.71. The molecule has 4 aliphatic rings. The van der Waals surface area contributed by atoms with Crippen molar-refractivity contribution in [3.8, 4) is 0 Å². The molecule has 1 aromatic heterocycles. The van der Waals surface area contributed by atoms with E-state index in [0.717, 1.165) is 30.9 Å². The highest BCUT2D eigenvalue weighted by molar-refractivity contribution is 5.93. The standard InChI is InChI=1S/C18H24F2N4O2/c19-16(20)26-12-3-1-11(2-4-12)23-17-22-9-13(15(21)25)14(24-17)8-18-5-10(6-18)7-18/h9-12,16H,1-8H2,(H2,21,25)(H,22,23,24). The van der Waals surface area contributed by atoms with Gasteiger partial charge in [-0.15, -0.1) is 0 Å². The van der Waals surface area contributed by atoms with E-state index < -0.39 is 12.5 Å². The van der Waals surface area contributed by atoms with Crippen LogP contribution >= 0.6 is 0 Å². The fraction of sp³-hybridized carbons (Fsp3) is 0.722. The van der Waals surface area contributed by atoms with Gasteiger partial charge in [0.05, 0.1) is 17.4 Å². The van der Waals surface area contributed by atoms with Gasteiger partial charge in [-0.25, -0.2) is 9.97 Å². The summed E-state index contributed by atoms with van der Waals surface area (Å²) in [7, 11) is 0. The zero-order chi connectivity index (χ0) is 18.3. The van der Waals surface area contributed by atoms with Gasteiger partial charge in [-0.05, 0) is 62.7 Å². The highest BCUT2D eigenvalue weighted by Crippen LogP contribution is 2.65. The molecule has 0 aliphatic heterocycles. The summed E-state index contributed by atoms with van der Waals surface area (Å²) in [6, 6.07) is 0.120. The van der Waals surface area contributed by atoms with Gasteiger partial charge in [-0.3, -0.25) is 4.79 Å². The Labute approximate surface area is 150 Å². The Morgan fingerprint density at radius 2 is 2.00 bits per heavy atom. The summed E-state index contributed by atoms with van der Waals surface area (Å²) in [4.78, 5) is 20.5. The smallest absolute Gasteiger partial charge is 0.345 e. The number of anilines is 1. The third-order valence-electron chi connectivity index (χ3n) is 6.14. The number of alkyl halides is 2. The maximum absolute atomic E-state index is 12.3. The second-order valence-corrected chi connectivity index (χ2v) is 8.09. The van der Waals surface area contributed by atoms with E-state index in [1.54, 1.807) is 0 Å². The van der Waals surface area contributed by atoms with Crippen molar-refractivity contribution >= 4 is 11.9 Å². The molecule has 8 heteroatoms. The second-order valence-electron chi connectivity index (χ2n) is 8.09. The minimum atomic E-state index is -2.71. The molecule has 4 fully saturated rings. The molecule has 0 unspecified atom stereocenters. The van der Waals surface area contributed by atoms with E-state index in [2.05, 4.69) is 20.0 Å². The van der Waals surface area contributed by atoms with Crippen LogP contribution in [0.5, 0.6) is 0 Å². The van der Waals surface area contributed by atoms with Crippen molar-refractivity contribution in [2.75, 3.05) is 5.32 Å². The summed E-state index contributed by atoms with van der Waals surface area (Å²) in [5, 5.41) is 3.28. The molecule has 4 aliphatic carbocycles. The number of amides is 1. The Morgan fingerprint density at radius 3 is 2.54 bits per heavy atom. The molecule has 2 bridgehead atoms. The lowest BCUT2D eigenvalue weighted by molar-refractivity contribution is -0.169. The zero-order valence-electron chi connectivity index (χ0n) is 14.6. The molecule has 4 saturated carbocycles. The number of halogens is 2. The third kappa shape index (κ3) is 3.51. The van der Waals surface area contributed by atoms with Gasteiger partial charge < -0.3 is 15.8 Å². The van der Waals surface area contributed by atoms with Gasteiger partial charge in [0, 0.05) is 12.2 Å². The van der Waals surface area contributed by atoms with E-state index in [1.807, 2.05) is 0 Å².